The second-order valence-corrected chi connectivity index (χ2v) is 7.72. The Bertz CT molecular complexity index is 1310. The summed E-state index contributed by atoms with van der Waals surface area (Å²) in [5.41, 5.74) is 4.46. The van der Waals surface area contributed by atoms with E-state index in [1.807, 2.05) is 32.9 Å². The number of imidazole rings is 1. The fraction of sp³-hybridized carbons (Fsp3) is 0.200. The molecule has 0 fully saturated rings. The lowest BCUT2D eigenvalue weighted by atomic mass is 10.1. The van der Waals surface area contributed by atoms with Gasteiger partial charge in [0, 0.05) is 0 Å². The highest BCUT2D eigenvalue weighted by Crippen LogP contribution is 2.35. The minimum absolute atomic E-state index is 0.101. The van der Waals surface area contributed by atoms with Crippen molar-refractivity contribution in [3.05, 3.63) is 60.9 Å². The number of phenolic OH excluding ortho intramolecular Hbond substituents is 1. The molecule has 0 aliphatic heterocycles. The highest BCUT2D eigenvalue weighted by Gasteiger charge is 2.14. The number of benzene rings is 2. The number of phenols is 1. The zero-order valence-corrected chi connectivity index (χ0v) is 16.6. The third kappa shape index (κ3) is 2.85. The average Bonchev–Trinajstić information content (AvgIpc) is 3.13. The van der Waals surface area contributed by atoms with Gasteiger partial charge in [0.25, 0.3) is 5.56 Å². The van der Waals surface area contributed by atoms with E-state index in [2.05, 4.69) is 4.98 Å². The van der Waals surface area contributed by atoms with Crippen LogP contribution >= 0.6 is 22.9 Å². The Kier molecular flexibility index (Phi) is 4.32. The molecule has 4 rings (SSSR count). The van der Waals surface area contributed by atoms with E-state index in [1.54, 1.807) is 22.6 Å². The molecule has 0 aliphatic carbocycles. The van der Waals surface area contributed by atoms with Gasteiger partial charge in [0.1, 0.15) is 0 Å². The Balaban J connectivity index is 1.94. The van der Waals surface area contributed by atoms with Crippen LogP contribution in [0.25, 0.3) is 22.1 Å². The number of halogens is 1. The van der Waals surface area contributed by atoms with Crippen LogP contribution in [-0.4, -0.2) is 21.1 Å². The molecule has 0 spiro atoms. The molecule has 2 heterocycles. The van der Waals surface area contributed by atoms with Crippen molar-refractivity contribution >= 4 is 45.0 Å². The first-order valence-corrected chi connectivity index (χ1v) is 9.68. The lowest BCUT2D eigenvalue weighted by molar-refractivity contribution is 0.318. The average molecular weight is 401 g/mol. The van der Waals surface area contributed by atoms with E-state index in [9.17, 15) is 9.90 Å². The van der Waals surface area contributed by atoms with Gasteiger partial charge in [-0.15, -0.1) is 0 Å². The van der Waals surface area contributed by atoms with Crippen LogP contribution in [0.5, 0.6) is 11.5 Å². The van der Waals surface area contributed by atoms with Gasteiger partial charge >= 0.3 is 0 Å². The van der Waals surface area contributed by atoms with E-state index in [0.29, 0.717) is 27.4 Å². The number of thiazole rings is 1. The molecular weight excluding hydrogens is 384 g/mol. The first kappa shape index (κ1) is 17.8. The van der Waals surface area contributed by atoms with E-state index in [4.69, 9.17) is 16.3 Å². The minimum Gasteiger partial charge on any atom is -0.503 e. The summed E-state index contributed by atoms with van der Waals surface area (Å²) in [5, 5.41) is 10.2. The molecule has 2 aromatic heterocycles. The first-order chi connectivity index (χ1) is 12.9. The lowest BCUT2D eigenvalue weighted by Crippen LogP contribution is -2.22. The van der Waals surface area contributed by atoms with Crippen molar-refractivity contribution in [2.75, 3.05) is 6.61 Å². The van der Waals surface area contributed by atoms with Gasteiger partial charge in [0.15, 0.2) is 16.5 Å². The summed E-state index contributed by atoms with van der Waals surface area (Å²) < 4.78 is 7.59. The van der Waals surface area contributed by atoms with Gasteiger partial charge in [0.2, 0.25) is 0 Å². The fourth-order valence-electron chi connectivity index (χ4n) is 3.06. The van der Waals surface area contributed by atoms with Crippen molar-refractivity contribution < 1.29 is 9.84 Å². The van der Waals surface area contributed by atoms with Crippen molar-refractivity contribution in [1.82, 2.24) is 9.38 Å². The Labute approximate surface area is 164 Å². The summed E-state index contributed by atoms with van der Waals surface area (Å²) >= 11 is 7.41. The van der Waals surface area contributed by atoms with Gasteiger partial charge in [0.05, 0.1) is 27.2 Å². The van der Waals surface area contributed by atoms with Gasteiger partial charge < -0.3 is 9.84 Å². The van der Waals surface area contributed by atoms with Crippen LogP contribution in [0.2, 0.25) is 5.02 Å². The summed E-state index contributed by atoms with van der Waals surface area (Å²) in [7, 11) is 0. The second kappa shape index (κ2) is 6.55. The first-order valence-electron chi connectivity index (χ1n) is 8.49. The van der Waals surface area contributed by atoms with Crippen molar-refractivity contribution in [3.63, 3.8) is 0 Å². The monoisotopic (exact) mass is 400 g/mol. The molecule has 0 radical (unpaired) electrons. The minimum atomic E-state index is -0.122. The van der Waals surface area contributed by atoms with Gasteiger partial charge in [-0.25, -0.2) is 9.38 Å². The number of fused-ring (bicyclic) bond motifs is 3. The van der Waals surface area contributed by atoms with Gasteiger partial charge in [-0.05, 0) is 61.7 Å². The molecule has 2 aromatic carbocycles. The molecular formula is C20H17ClN2O3S. The normalized spacial score (nSPS) is 12.4. The molecule has 0 saturated carbocycles. The quantitative estimate of drug-likeness (QED) is 0.567. The second-order valence-electron chi connectivity index (χ2n) is 6.30. The van der Waals surface area contributed by atoms with E-state index in [0.717, 1.165) is 22.2 Å². The molecule has 0 bridgehead atoms. The van der Waals surface area contributed by atoms with E-state index >= 15 is 0 Å². The zero-order chi connectivity index (χ0) is 19.3. The summed E-state index contributed by atoms with van der Waals surface area (Å²) in [6, 6.07) is 7.20. The molecule has 0 aliphatic rings. The zero-order valence-electron chi connectivity index (χ0n) is 15.0. The number of aromatic nitrogens is 2. The molecule has 138 valence electrons. The summed E-state index contributed by atoms with van der Waals surface area (Å²) in [6.45, 7) is 6.27. The SMILES string of the molecule is CCOc1cc(/C=c2/sc3nc4c(C)c(C)ccc4n3c2=O)cc(Cl)c1O. The van der Waals surface area contributed by atoms with Crippen LogP contribution in [-0.2, 0) is 0 Å². The van der Waals surface area contributed by atoms with Crippen LogP contribution in [0.3, 0.4) is 0 Å². The fourth-order valence-corrected chi connectivity index (χ4v) is 4.26. The van der Waals surface area contributed by atoms with Gasteiger partial charge in [-0.2, -0.15) is 0 Å². The molecule has 0 saturated heterocycles. The highest BCUT2D eigenvalue weighted by atomic mass is 35.5. The topological polar surface area (TPSA) is 63.8 Å². The predicted octanol–water partition coefficient (Wildman–Crippen LogP) is 3.83. The molecule has 7 heteroatoms. The van der Waals surface area contributed by atoms with Gasteiger partial charge in [-0.1, -0.05) is 29.0 Å². The summed E-state index contributed by atoms with van der Waals surface area (Å²) in [5.74, 6) is 0.192. The maximum Gasteiger partial charge on any atom is 0.274 e. The standard InChI is InChI=1S/C20H17ClN2O3S/c1-4-26-15-8-12(7-13(21)18(15)24)9-16-19(25)23-14-6-5-10(2)11(3)17(14)22-20(23)27-16/h5-9,24H,4H2,1-3H3/b16-9+. The maximum absolute atomic E-state index is 13.0. The number of hydrogen-bond acceptors (Lipinski definition) is 5. The predicted molar refractivity (Wildman–Crippen MR) is 109 cm³/mol. The molecule has 0 amide bonds. The molecule has 1 N–H and O–H groups in total. The van der Waals surface area contributed by atoms with Crippen LogP contribution in [0.4, 0.5) is 0 Å². The van der Waals surface area contributed by atoms with E-state index in [1.165, 1.54) is 11.3 Å². The van der Waals surface area contributed by atoms with E-state index < -0.39 is 0 Å². The van der Waals surface area contributed by atoms with Crippen molar-refractivity contribution in [2.24, 2.45) is 0 Å². The number of aryl methyl sites for hydroxylation is 2. The largest absolute Gasteiger partial charge is 0.503 e. The Morgan fingerprint density at radius 3 is 2.85 bits per heavy atom. The molecule has 27 heavy (non-hydrogen) atoms. The van der Waals surface area contributed by atoms with Gasteiger partial charge in [-0.3, -0.25) is 4.79 Å². The molecule has 0 unspecified atom stereocenters. The lowest BCUT2D eigenvalue weighted by Gasteiger charge is -2.08. The maximum atomic E-state index is 13.0. The number of ether oxygens (including phenoxy) is 1. The van der Waals surface area contributed by atoms with Crippen molar-refractivity contribution in [3.8, 4) is 11.5 Å². The Hall–Kier alpha value is -2.57. The summed E-state index contributed by atoms with van der Waals surface area (Å²) in [4.78, 5) is 18.3. The number of nitrogens with zero attached hydrogens (tertiary/aromatic N) is 2. The third-order valence-corrected chi connectivity index (χ3v) is 5.84. The number of rotatable bonds is 3. The molecule has 5 nitrogen and oxygen atoms in total. The van der Waals surface area contributed by atoms with Crippen LogP contribution < -0.4 is 14.8 Å². The number of aromatic hydroxyl groups is 1. The van der Waals surface area contributed by atoms with Crippen molar-refractivity contribution in [2.45, 2.75) is 20.8 Å². The highest BCUT2D eigenvalue weighted by molar-refractivity contribution is 7.15. The number of hydrogen-bond donors (Lipinski definition) is 1. The third-order valence-electron chi connectivity index (χ3n) is 4.58. The smallest absolute Gasteiger partial charge is 0.274 e. The van der Waals surface area contributed by atoms with Crippen LogP contribution in [0.15, 0.2) is 29.1 Å². The van der Waals surface area contributed by atoms with E-state index in [-0.39, 0.29) is 16.3 Å². The van der Waals surface area contributed by atoms with Crippen LogP contribution in [0, 0.1) is 13.8 Å². The van der Waals surface area contributed by atoms with Crippen LogP contribution in [0.1, 0.15) is 23.6 Å². The summed E-state index contributed by atoms with van der Waals surface area (Å²) in [6.07, 6.45) is 1.74. The molecule has 4 aromatic rings. The molecule has 0 atom stereocenters. The Morgan fingerprint density at radius 2 is 2.11 bits per heavy atom. The Morgan fingerprint density at radius 1 is 1.33 bits per heavy atom. The van der Waals surface area contributed by atoms with Crippen molar-refractivity contribution in [1.29, 1.82) is 0 Å².